The highest BCUT2D eigenvalue weighted by Crippen LogP contribution is 2.24. The summed E-state index contributed by atoms with van der Waals surface area (Å²) in [5, 5.41) is 5.53. The van der Waals surface area contributed by atoms with E-state index in [1.807, 2.05) is 0 Å². The summed E-state index contributed by atoms with van der Waals surface area (Å²) in [6, 6.07) is 3.63. The van der Waals surface area contributed by atoms with Gasteiger partial charge in [-0.05, 0) is 57.9 Å². The number of halogens is 1. The van der Waals surface area contributed by atoms with Gasteiger partial charge in [0.25, 0.3) is 5.91 Å². The smallest absolute Gasteiger partial charge is 0.319 e. The standard InChI is InChI=1S/C19H29FN4O2/c1-19(2,3)24-9-8-13(12-24)11-21-18(26)22-14-6-7-16(20)15(10-14)17(25)23(4)5/h6-7,10,13H,8-9,11-12H2,1-5H3,(H2,21,22,26). The largest absolute Gasteiger partial charge is 0.345 e. The van der Waals surface area contributed by atoms with Crippen molar-refractivity contribution >= 4 is 17.6 Å². The SMILES string of the molecule is CN(C)C(=O)c1cc(NC(=O)NCC2CCN(C(C)(C)C)C2)ccc1F. The molecule has 1 fully saturated rings. The van der Waals surface area contributed by atoms with E-state index in [9.17, 15) is 14.0 Å². The molecule has 1 atom stereocenters. The van der Waals surface area contributed by atoms with Crippen molar-refractivity contribution in [1.29, 1.82) is 0 Å². The Morgan fingerprint density at radius 1 is 1.31 bits per heavy atom. The third kappa shape index (κ3) is 5.17. The maximum atomic E-state index is 13.8. The Bertz CT molecular complexity index is 670. The average Bonchev–Trinajstić information content (AvgIpc) is 3.03. The highest BCUT2D eigenvalue weighted by Gasteiger charge is 2.30. The van der Waals surface area contributed by atoms with Crippen molar-refractivity contribution in [3.05, 3.63) is 29.6 Å². The fourth-order valence-corrected chi connectivity index (χ4v) is 3.03. The van der Waals surface area contributed by atoms with Crippen molar-refractivity contribution in [2.45, 2.75) is 32.7 Å². The van der Waals surface area contributed by atoms with Crippen molar-refractivity contribution in [1.82, 2.24) is 15.1 Å². The lowest BCUT2D eigenvalue weighted by molar-refractivity contribution is 0.0823. The lowest BCUT2D eigenvalue weighted by atomic mass is 10.1. The van der Waals surface area contributed by atoms with Gasteiger partial charge < -0.3 is 15.5 Å². The molecular weight excluding hydrogens is 335 g/mol. The minimum absolute atomic E-state index is 0.0654. The van der Waals surface area contributed by atoms with Crippen LogP contribution in [0, 0.1) is 11.7 Å². The molecule has 26 heavy (non-hydrogen) atoms. The number of rotatable bonds is 4. The molecule has 0 saturated carbocycles. The van der Waals surface area contributed by atoms with Crippen LogP contribution in [-0.2, 0) is 0 Å². The van der Waals surface area contributed by atoms with E-state index in [1.54, 1.807) is 14.1 Å². The van der Waals surface area contributed by atoms with E-state index in [2.05, 4.69) is 36.3 Å². The summed E-state index contributed by atoms with van der Waals surface area (Å²) < 4.78 is 13.8. The molecule has 1 unspecified atom stereocenters. The molecule has 1 aromatic carbocycles. The van der Waals surface area contributed by atoms with Crippen LogP contribution in [0.5, 0.6) is 0 Å². The van der Waals surface area contributed by atoms with Crippen LogP contribution in [0.25, 0.3) is 0 Å². The Kier molecular flexibility index (Phi) is 6.23. The van der Waals surface area contributed by atoms with Crippen molar-refractivity contribution in [2.24, 2.45) is 5.92 Å². The summed E-state index contributed by atoms with van der Waals surface area (Å²) in [6.45, 7) is 9.15. The second-order valence-electron chi connectivity index (χ2n) is 8.00. The van der Waals surface area contributed by atoms with Crippen molar-refractivity contribution in [3.63, 3.8) is 0 Å². The van der Waals surface area contributed by atoms with Gasteiger partial charge in [0, 0.05) is 38.4 Å². The maximum Gasteiger partial charge on any atom is 0.319 e. The van der Waals surface area contributed by atoms with Crippen LogP contribution in [0.2, 0.25) is 0 Å². The summed E-state index contributed by atoms with van der Waals surface area (Å²) in [6.07, 6.45) is 1.05. The van der Waals surface area contributed by atoms with Crippen molar-refractivity contribution < 1.29 is 14.0 Å². The van der Waals surface area contributed by atoms with Crippen molar-refractivity contribution in [3.8, 4) is 0 Å². The molecule has 7 heteroatoms. The third-order valence-electron chi connectivity index (χ3n) is 4.65. The first-order valence-corrected chi connectivity index (χ1v) is 8.89. The average molecular weight is 364 g/mol. The summed E-state index contributed by atoms with van der Waals surface area (Å²) in [7, 11) is 3.11. The van der Waals surface area contributed by atoms with Gasteiger partial charge in [0.1, 0.15) is 5.82 Å². The van der Waals surface area contributed by atoms with Gasteiger partial charge in [-0.1, -0.05) is 0 Å². The van der Waals surface area contributed by atoms with E-state index in [1.165, 1.54) is 23.1 Å². The van der Waals surface area contributed by atoms with Crippen LogP contribution in [-0.4, -0.2) is 61.0 Å². The minimum Gasteiger partial charge on any atom is -0.345 e. The quantitative estimate of drug-likeness (QED) is 0.863. The molecule has 3 amide bonds. The summed E-state index contributed by atoms with van der Waals surface area (Å²) in [5.41, 5.74) is 0.460. The highest BCUT2D eigenvalue weighted by atomic mass is 19.1. The van der Waals surface area contributed by atoms with Gasteiger partial charge in [0.15, 0.2) is 0 Å². The first kappa shape index (κ1) is 20.2. The molecule has 1 saturated heterocycles. The molecule has 1 aliphatic heterocycles. The number of hydrogen-bond donors (Lipinski definition) is 2. The molecule has 1 heterocycles. The number of amides is 3. The van der Waals surface area contributed by atoms with Gasteiger partial charge in [0.2, 0.25) is 0 Å². The Morgan fingerprint density at radius 2 is 2.00 bits per heavy atom. The Hall–Kier alpha value is -2.15. The molecular formula is C19H29FN4O2. The predicted octanol–water partition coefficient (Wildman–Crippen LogP) is 2.77. The zero-order chi connectivity index (χ0) is 19.5. The van der Waals surface area contributed by atoms with Gasteiger partial charge in [-0.2, -0.15) is 0 Å². The van der Waals surface area contributed by atoms with E-state index in [0.717, 1.165) is 19.5 Å². The van der Waals surface area contributed by atoms with E-state index < -0.39 is 11.7 Å². The van der Waals surface area contributed by atoms with E-state index >= 15 is 0 Å². The Balaban J connectivity index is 1.89. The number of carbonyl (C=O) groups is 2. The molecule has 0 aliphatic carbocycles. The molecule has 0 aromatic heterocycles. The normalized spacial score (nSPS) is 17.8. The lowest BCUT2D eigenvalue weighted by Gasteiger charge is -2.31. The number of anilines is 1. The molecule has 1 aromatic rings. The molecule has 144 valence electrons. The molecule has 2 N–H and O–H groups in total. The van der Waals surface area contributed by atoms with Crippen LogP contribution in [0.15, 0.2) is 18.2 Å². The third-order valence-corrected chi connectivity index (χ3v) is 4.65. The molecule has 6 nitrogen and oxygen atoms in total. The predicted molar refractivity (Wildman–Crippen MR) is 101 cm³/mol. The van der Waals surface area contributed by atoms with Gasteiger partial charge >= 0.3 is 6.03 Å². The number of carbonyl (C=O) groups excluding carboxylic acids is 2. The maximum absolute atomic E-state index is 13.8. The highest BCUT2D eigenvalue weighted by molar-refractivity contribution is 5.96. The van der Waals surface area contributed by atoms with E-state index in [0.29, 0.717) is 18.2 Å². The number of likely N-dealkylation sites (tertiary alicyclic amines) is 1. The van der Waals surface area contributed by atoms with Crippen LogP contribution >= 0.6 is 0 Å². The van der Waals surface area contributed by atoms with E-state index in [4.69, 9.17) is 0 Å². The Labute approximate surface area is 154 Å². The number of nitrogens with zero attached hydrogens (tertiary/aromatic N) is 2. The van der Waals surface area contributed by atoms with Crippen LogP contribution in [0.3, 0.4) is 0 Å². The molecule has 0 radical (unpaired) electrons. The molecule has 0 bridgehead atoms. The molecule has 1 aliphatic rings. The molecule has 0 spiro atoms. The second-order valence-corrected chi connectivity index (χ2v) is 8.00. The first-order chi connectivity index (χ1) is 12.1. The monoisotopic (exact) mass is 364 g/mol. The van der Waals surface area contributed by atoms with Gasteiger partial charge in [0.05, 0.1) is 5.56 Å². The number of benzene rings is 1. The van der Waals surface area contributed by atoms with Gasteiger partial charge in [-0.15, -0.1) is 0 Å². The fraction of sp³-hybridized carbons (Fsp3) is 0.579. The van der Waals surface area contributed by atoms with Crippen molar-refractivity contribution in [2.75, 3.05) is 39.0 Å². The van der Waals surface area contributed by atoms with Crippen LogP contribution in [0.4, 0.5) is 14.9 Å². The number of urea groups is 1. The summed E-state index contributed by atoms with van der Waals surface area (Å²) >= 11 is 0. The van der Waals surface area contributed by atoms with Gasteiger partial charge in [-0.3, -0.25) is 9.69 Å². The van der Waals surface area contributed by atoms with Crippen LogP contribution < -0.4 is 10.6 Å². The summed E-state index contributed by atoms with van der Waals surface area (Å²) in [4.78, 5) is 27.8. The van der Waals surface area contributed by atoms with Crippen LogP contribution in [0.1, 0.15) is 37.6 Å². The minimum atomic E-state index is -0.608. The number of nitrogens with one attached hydrogen (secondary N) is 2. The van der Waals surface area contributed by atoms with Gasteiger partial charge in [-0.25, -0.2) is 9.18 Å². The Morgan fingerprint density at radius 3 is 2.58 bits per heavy atom. The first-order valence-electron chi connectivity index (χ1n) is 8.89. The van der Waals surface area contributed by atoms with E-state index in [-0.39, 0.29) is 17.1 Å². The zero-order valence-electron chi connectivity index (χ0n) is 16.2. The summed E-state index contributed by atoms with van der Waals surface area (Å²) in [5.74, 6) is -0.637. The fourth-order valence-electron chi connectivity index (χ4n) is 3.03. The molecule has 2 rings (SSSR count). The lowest BCUT2D eigenvalue weighted by Crippen LogP contribution is -2.40. The second kappa shape index (κ2) is 8.03. The zero-order valence-corrected chi connectivity index (χ0v) is 16.2. The number of hydrogen-bond acceptors (Lipinski definition) is 3. The topological polar surface area (TPSA) is 64.7 Å².